The maximum Gasteiger partial charge on any atom is 0.472 e. The van der Waals surface area contributed by atoms with Crippen molar-refractivity contribution in [2.45, 2.75) is 452 Å². The van der Waals surface area contributed by atoms with Crippen molar-refractivity contribution < 1.29 is 80.2 Å². The fourth-order valence-corrected chi connectivity index (χ4v) is 14.4. The molecule has 606 valence electrons. The van der Waals surface area contributed by atoms with E-state index in [1.165, 1.54) is 238 Å². The first-order valence-corrected chi connectivity index (χ1v) is 45.9. The molecule has 0 aromatic rings. The summed E-state index contributed by atoms with van der Waals surface area (Å²) in [6, 6.07) is 0. The lowest BCUT2D eigenvalue weighted by molar-refractivity contribution is -0.161. The van der Waals surface area contributed by atoms with Crippen molar-refractivity contribution in [3.8, 4) is 0 Å². The molecule has 0 amide bonds. The molecule has 19 heteroatoms. The van der Waals surface area contributed by atoms with E-state index in [4.69, 9.17) is 37.0 Å². The molecule has 0 aromatic heterocycles. The molecule has 0 heterocycles. The van der Waals surface area contributed by atoms with Crippen molar-refractivity contribution in [1.82, 2.24) is 0 Å². The van der Waals surface area contributed by atoms with Crippen LogP contribution in [0.25, 0.3) is 0 Å². The Hall–Kier alpha value is -1.94. The molecule has 0 aliphatic carbocycles. The minimum absolute atomic E-state index is 0.107. The van der Waals surface area contributed by atoms with Crippen LogP contribution in [0.4, 0.5) is 0 Å². The smallest absolute Gasteiger partial charge is 0.462 e. The van der Waals surface area contributed by atoms with E-state index >= 15 is 0 Å². The molecule has 0 spiro atoms. The maximum atomic E-state index is 13.1. The molecule has 0 rings (SSSR count). The molecule has 7 atom stereocenters. The molecular formula is C83H162O17P2. The van der Waals surface area contributed by atoms with Crippen molar-refractivity contribution in [3.05, 3.63) is 0 Å². The zero-order valence-corrected chi connectivity index (χ0v) is 68.9. The van der Waals surface area contributed by atoms with Gasteiger partial charge in [0.1, 0.15) is 19.3 Å². The van der Waals surface area contributed by atoms with Gasteiger partial charge in [0.05, 0.1) is 26.4 Å². The summed E-state index contributed by atoms with van der Waals surface area (Å²) in [5.74, 6) is 0.275. The molecule has 4 unspecified atom stereocenters. The Bertz CT molecular complexity index is 1980. The average molecular weight is 1490 g/mol. The maximum absolute atomic E-state index is 13.1. The summed E-state index contributed by atoms with van der Waals surface area (Å²) in [5.41, 5.74) is 0. The van der Waals surface area contributed by atoms with Crippen LogP contribution in [0.1, 0.15) is 434 Å². The summed E-state index contributed by atoms with van der Waals surface area (Å²) in [4.78, 5) is 73.1. The Balaban J connectivity index is 5.25. The largest absolute Gasteiger partial charge is 0.472 e. The number of hydrogen-bond donors (Lipinski definition) is 3. The Morgan fingerprint density at radius 3 is 0.745 bits per heavy atom. The Kier molecular flexibility index (Phi) is 71.8. The van der Waals surface area contributed by atoms with E-state index in [-0.39, 0.29) is 25.7 Å². The van der Waals surface area contributed by atoms with Gasteiger partial charge in [-0.05, 0) is 43.4 Å². The number of aliphatic hydroxyl groups is 1. The second kappa shape index (κ2) is 73.2. The molecule has 0 saturated heterocycles. The molecular weight excluding hydrogens is 1330 g/mol. The van der Waals surface area contributed by atoms with Crippen molar-refractivity contribution in [2.75, 3.05) is 39.6 Å². The van der Waals surface area contributed by atoms with Gasteiger partial charge in [0.25, 0.3) is 0 Å². The fourth-order valence-electron chi connectivity index (χ4n) is 12.8. The minimum Gasteiger partial charge on any atom is -0.462 e. The Labute approximate surface area is 626 Å². The summed E-state index contributed by atoms with van der Waals surface area (Å²) in [5, 5.41) is 10.7. The SMILES string of the molecule is CCCCCCCCCCCCCCCCCCC(=O)O[C@H](COC(=O)CCCCCCCCC(C)CC)COP(=O)(O)OC[C@H](O)COP(=O)(O)OC[C@@H](COC(=O)CCCCCCCCCCCCCCCCC(C)CC)OC(=O)CCCCCCCCCCCCCCCCCC(C)C. The highest BCUT2D eigenvalue weighted by molar-refractivity contribution is 7.47. The lowest BCUT2D eigenvalue weighted by atomic mass is 9.99. The highest BCUT2D eigenvalue weighted by Gasteiger charge is 2.30. The lowest BCUT2D eigenvalue weighted by Crippen LogP contribution is -2.30. The molecule has 0 aliphatic rings. The van der Waals surface area contributed by atoms with Gasteiger partial charge >= 0.3 is 39.5 Å². The van der Waals surface area contributed by atoms with Gasteiger partial charge in [-0.1, -0.05) is 382 Å². The van der Waals surface area contributed by atoms with E-state index in [2.05, 4.69) is 48.5 Å². The normalized spacial score (nSPS) is 14.5. The van der Waals surface area contributed by atoms with E-state index in [9.17, 15) is 43.2 Å². The number of phosphoric ester groups is 2. The van der Waals surface area contributed by atoms with Crippen LogP contribution in [0.15, 0.2) is 0 Å². The van der Waals surface area contributed by atoms with Crippen LogP contribution < -0.4 is 0 Å². The highest BCUT2D eigenvalue weighted by Crippen LogP contribution is 2.45. The molecule has 17 nitrogen and oxygen atoms in total. The topological polar surface area (TPSA) is 237 Å². The van der Waals surface area contributed by atoms with Crippen LogP contribution >= 0.6 is 15.6 Å². The van der Waals surface area contributed by atoms with Gasteiger partial charge in [-0.25, -0.2) is 9.13 Å². The molecule has 3 N–H and O–H groups in total. The average Bonchev–Trinajstić information content (AvgIpc) is 0.913. The van der Waals surface area contributed by atoms with Crippen LogP contribution in [0.2, 0.25) is 0 Å². The number of carbonyl (C=O) groups excluding carboxylic acids is 4. The first kappa shape index (κ1) is 100. The zero-order valence-electron chi connectivity index (χ0n) is 67.1. The Morgan fingerprint density at radius 1 is 0.284 bits per heavy atom. The van der Waals surface area contributed by atoms with Crippen LogP contribution in [0.5, 0.6) is 0 Å². The quantitative estimate of drug-likeness (QED) is 0.0222. The number of hydrogen-bond acceptors (Lipinski definition) is 15. The van der Waals surface area contributed by atoms with Gasteiger partial charge in [0, 0.05) is 25.7 Å². The number of carbonyl (C=O) groups is 4. The molecule has 102 heavy (non-hydrogen) atoms. The van der Waals surface area contributed by atoms with Crippen LogP contribution in [0.3, 0.4) is 0 Å². The third-order valence-electron chi connectivity index (χ3n) is 20.1. The van der Waals surface area contributed by atoms with E-state index < -0.39 is 97.5 Å². The van der Waals surface area contributed by atoms with E-state index in [1.54, 1.807) is 0 Å². The predicted octanol–water partition coefficient (Wildman–Crippen LogP) is 24.9. The monoisotopic (exact) mass is 1490 g/mol. The number of ether oxygens (including phenoxy) is 4. The second-order valence-corrected chi connectivity index (χ2v) is 33.7. The van der Waals surface area contributed by atoms with E-state index in [0.717, 1.165) is 114 Å². The predicted molar refractivity (Wildman–Crippen MR) is 418 cm³/mol. The van der Waals surface area contributed by atoms with Crippen LogP contribution in [-0.2, 0) is 65.4 Å². The standard InChI is InChI=1S/C83H162O17P2/c1-8-11-12-13-14-15-16-17-18-21-28-33-38-43-52-59-67-83(88)100-79(71-94-81(86)65-58-51-46-45-49-56-63-76(7)10-3)73-98-102(91,92)96-69-77(84)68-95-101(89,90)97-72-78(99-82(87)66-60-53-44-39-34-29-22-19-20-25-30-35-40-47-54-61-74(4)5)70-93-80(85)64-57-50-42-37-32-27-24-23-26-31-36-41-48-55-62-75(6)9-2/h74-79,84H,8-73H2,1-7H3,(H,89,90)(H,91,92)/t75?,76?,77-,78-,79-/m1/s1. The molecule has 0 fully saturated rings. The lowest BCUT2D eigenvalue weighted by Gasteiger charge is -2.21. The van der Waals surface area contributed by atoms with Gasteiger partial charge in [0.15, 0.2) is 12.2 Å². The number of rotatable bonds is 81. The number of esters is 4. The first-order chi connectivity index (χ1) is 49.3. The van der Waals surface area contributed by atoms with Gasteiger partial charge in [0.2, 0.25) is 0 Å². The van der Waals surface area contributed by atoms with Crippen LogP contribution in [-0.4, -0.2) is 96.7 Å². The Morgan fingerprint density at radius 2 is 0.500 bits per heavy atom. The van der Waals surface area contributed by atoms with Crippen molar-refractivity contribution >= 4 is 39.5 Å². The number of phosphoric acid groups is 2. The van der Waals surface area contributed by atoms with Crippen molar-refractivity contribution in [3.63, 3.8) is 0 Å². The van der Waals surface area contributed by atoms with Gasteiger partial charge < -0.3 is 33.8 Å². The summed E-state index contributed by atoms with van der Waals surface area (Å²) < 4.78 is 68.8. The summed E-state index contributed by atoms with van der Waals surface area (Å²) >= 11 is 0. The zero-order chi connectivity index (χ0) is 75.1. The number of unbranched alkanes of at least 4 members (excludes halogenated alkanes) is 47. The third-order valence-corrected chi connectivity index (χ3v) is 22.0. The molecule has 0 aliphatic heterocycles. The van der Waals surface area contributed by atoms with Crippen molar-refractivity contribution in [1.29, 1.82) is 0 Å². The van der Waals surface area contributed by atoms with Gasteiger partial charge in [-0.15, -0.1) is 0 Å². The third kappa shape index (κ3) is 73.6. The van der Waals surface area contributed by atoms with Gasteiger partial charge in [-0.3, -0.25) is 37.3 Å². The number of aliphatic hydroxyl groups excluding tert-OH is 1. The highest BCUT2D eigenvalue weighted by atomic mass is 31.2. The first-order valence-electron chi connectivity index (χ1n) is 42.9. The summed E-state index contributed by atoms with van der Waals surface area (Å²) in [6.07, 6.45) is 62.4. The fraction of sp³-hybridized carbons (Fsp3) is 0.952. The second-order valence-electron chi connectivity index (χ2n) is 30.8. The van der Waals surface area contributed by atoms with Crippen molar-refractivity contribution in [2.24, 2.45) is 17.8 Å². The van der Waals surface area contributed by atoms with Gasteiger partial charge in [-0.2, -0.15) is 0 Å². The molecule has 0 saturated carbocycles. The molecule has 0 aromatic carbocycles. The van der Waals surface area contributed by atoms with E-state index in [1.807, 2.05) is 0 Å². The molecule has 0 radical (unpaired) electrons. The summed E-state index contributed by atoms with van der Waals surface area (Å²) in [7, 11) is -9.92. The summed E-state index contributed by atoms with van der Waals surface area (Å²) in [6.45, 7) is 12.0. The molecule has 0 bridgehead atoms. The van der Waals surface area contributed by atoms with E-state index in [0.29, 0.717) is 25.7 Å². The van der Waals surface area contributed by atoms with Crippen LogP contribution in [0, 0.1) is 17.8 Å². The minimum atomic E-state index is -4.96.